The van der Waals surface area contributed by atoms with Gasteiger partial charge in [0, 0.05) is 18.5 Å². The minimum Gasteiger partial charge on any atom is -0.354 e. The van der Waals surface area contributed by atoms with Gasteiger partial charge in [0.2, 0.25) is 5.91 Å². The molecule has 0 radical (unpaired) electrons. The third kappa shape index (κ3) is 3.49. The number of nitrogens with one attached hydrogen (secondary N) is 1. The average Bonchev–Trinajstić information content (AvgIpc) is 2.71. The molecular formula is C12H24N2O. The van der Waals surface area contributed by atoms with Gasteiger partial charge in [0.1, 0.15) is 0 Å². The molecule has 3 nitrogen and oxygen atoms in total. The van der Waals surface area contributed by atoms with Crippen molar-refractivity contribution >= 4 is 5.91 Å². The first-order chi connectivity index (χ1) is 7.19. The minimum atomic E-state index is 0.154. The highest BCUT2D eigenvalue weighted by Gasteiger charge is 2.23. The molecule has 0 aliphatic carbocycles. The van der Waals surface area contributed by atoms with Crippen LogP contribution in [0.1, 0.15) is 40.0 Å². The number of amides is 1. The molecule has 88 valence electrons. The van der Waals surface area contributed by atoms with Crippen LogP contribution in [0.25, 0.3) is 0 Å². The highest BCUT2D eigenvalue weighted by atomic mass is 16.1. The van der Waals surface area contributed by atoms with Gasteiger partial charge in [-0.3, -0.25) is 9.69 Å². The lowest BCUT2D eigenvalue weighted by atomic mass is 10.1. The predicted molar refractivity (Wildman–Crippen MR) is 62.7 cm³/mol. The maximum absolute atomic E-state index is 11.6. The summed E-state index contributed by atoms with van der Waals surface area (Å²) in [6.07, 6.45) is 3.43. The number of hydrogen-bond donors (Lipinski definition) is 1. The van der Waals surface area contributed by atoms with E-state index in [1.54, 1.807) is 0 Å². The lowest BCUT2D eigenvalue weighted by Crippen LogP contribution is -2.41. The highest BCUT2D eigenvalue weighted by molar-refractivity contribution is 5.78. The first-order valence-electron chi connectivity index (χ1n) is 6.20. The Kier molecular flexibility index (Phi) is 5.09. The van der Waals surface area contributed by atoms with E-state index in [1.807, 2.05) is 6.92 Å². The third-order valence-electron chi connectivity index (χ3n) is 3.48. The summed E-state index contributed by atoms with van der Waals surface area (Å²) in [7, 11) is 0. The molecule has 0 aromatic heterocycles. The molecule has 0 spiro atoms. The Bertz CT molecular complexity index is 206. The SMILES string of the molecule is CC[C@@H](C)C(=O)NC[C@@H]1CCCN1CC. The second-order valence-corrected chi connectivity index (χ2v) is 4.48. The molecule has 0 saturated carbocycles. The second-order valence-electron chi connectivity index (χ2n) is 4.48. The first kappa shape index (κ1) is 12.5. The van der Waals surface area contributed by atoms with Crippen molar-refractivity contribution in [3.63, 3.8) is 0 Å². The predicted octanol–water partition coefficient (Wildman–Crippen LogP) is 1.63. The Hall–Kier alpha value is -0.570. The third-order valence-corrected chi connectivity index (χ3v) is 3.48. The molecule has 1 heterocycles. The van der Waals surface area contributed by atoms with Crippen molar-refractivity contribution in [1.29, 1.82) is 0 Å². The monoisotopic (exact) mass is 212 g/mol. The van der Waals surface area contributed by atoms with Gasteiger partial charge in [0.05, 0.1) is 0 Å². The van der Waals surface area contributed by atoms with Gasteiger partial charge < -0.3 is 5.32 Å². The van der Waals surface area contributed by atoms with Crippen LogP contribution in [0.3, 0.4) is 0 Å². The van der Waals surface area contributed by atoms with E-state index < -0.39 is 0 Å². The molecule has 1 N–H and O–H groups in total. The zero-order chi connectivity index (χ0) is 11.3. The Labute approximate surface area is 93.2 Å². The van der Waals surface area contributed by atoms with Crippen LogP contribution in [0.2, 0.25) is 0 Å². The molecule has 1 saturated heterocycles. The Morgan fingerprint density at radius 3 is 2.87 bits per heavy atom. The van der Waals surface area contributed by atoms with Crippen molar-refractivity contribution in [2.75, 3.05) is 19.6 Å². The molecule has 0 bridgehead atoms. The van der Waals surface area contributed by atoms with Crippen molar-refractivity contribution in [3.8, 4) is 0 Å². The summed E-state index contributed by atoms with van der Waals surface area (Å²) in [6, 6.07) is 0.572. The van der Waals surface area contributed by atoms with Gasteiger partial charge in [-0.15, -0.1) is 0 Å². The number of likely N-dealkylation sites (N-methyl/N-ethyl adjacent to an activating group) is 1. The largest absolute Gasteiger partial charge is 0.354 e. The first-order valence-corrected chi connectivity index (χ1v) is 6.20. The van der Waals surface area contributed by atoms with E-state index in [0.29, 0.717) is 6.04 Å². The summed E-state index contributed by atoms with van der Waals surface area (Å²) in [5.41, 5.74) is 0. The number of rotatable bonds is 5. The van der Waals surface area contributed by atoms with E-state index in [4.69, 9.17) is 0 Å². The zero-order valence-electron chi connectivity index (χ0n) is 10.3. The molecule has 1 rings (SSSR count). The molecule has 15 heavy (non-hydrogen) atoms. The van der Waals surface area contributed by atoms with Crippen LogP contribution in [0.5, 0.6) is 0 Å². The molecule has 2 atom stereocenters. The van der Waals surface area contributed by atoms with Gasteiger partial charge in [-0.2, -0.15) is 0 Å². The van der Waals surface area contributed by atoms with E-state index in [9.17, 15) is 4.79 Å². The number of nitrogens with zero attached hydrogens (tertiary/aromatic N) is 1. The Morgan fingerprint density at radius 1 is 1.53 bits per heavy atom. The lowest BCUT2D eigenvalue weighted by Gasteiger charge is -2.23. The molecule has 1 fully saturated rings. The van der Waals surface area contributed by atoms with Crippen LogP contribution < -0.4 is 5.32 Å². The standard InChI is InChI=1S/C12H24N2O/c1-4-10(3)12(15)13-9-11-7-6-8-14(11)5-2/h10-11H,4-9H2,1-3H3,(H,13,15)/t10-,11+/m1/s1. The summed E-state index contributed by atoms with van der Waals surface area (Å²) >= 11 is 0. The second kappa shape index (κ2) is 6.11. The molecule has 0 aromatic carbocycles. The minimum absolute atomic E-state index is 0.154. The Balaban J connectivity index is 2.27. The van der Waals surface area contributed by atoms with E-state index in [0.717, 1.165) is 19.5 Å². The number of likely N-dealkylation sites (tertiary alicyclic amines) is 1. The van der Waals surface area contributed by atoms with Crippen LogP contribution in [0, 0.1) is 5.92 Å². The number of hydrogen-bond acceptors (Lipinski definition) is 2. The van der Waals surface area contributed by atoms with Crippen LogP contribution >= 0.6 is 0 Å². The van der Waals surface area contributed by atoms with Gasteiger partial charge in [-0.05, 0) is 32.4 Å². The maximum Gasteiger partial charge on any atom is 0.222 e. The van der Waals surface area contributed by atoms with Gasteiger partial charge in [-0.25, -0.2) is 0 Å². The fourth-order valence-electron chi connectivity index (χ4n) is 2.12. The molecule has 3 heteroatoms. The zero-order valence-corrected chi connectivity index (χ0v) is 10.3. The summed E-state index contributed by atoms with van der Waals surface area (Å²) < 4.78 is 0. The van der Waals surface area contributed by atoms with Gasteiger partial charge >= 0.3 is 0 Å². The van der Waals surface area contributed by atoms with Crippen LogP contribution in [0.15, 0.2) is 0 Å². The smallest absolute Gasteiger partial charge is 0.222 e. The van der Waals surface area contributed by atoms with E-state index in [1.165, 1.54) is 19.4 Å². The van der Waals surface area contributed by atoms with E-state index in [-0.39, 0.29) is 11.8 Å². The average molecular weight is 212 g/mol. The quantitative estimate of drug-likeness (QED) is 0.751. The molecule has 1 aliphatic rings. The Morgan fingerprint density at radius 2 is 2.27 bits per heavy atom. The summed E-state index contributed by atoms with van der Waals surface area (Å²) in [6.45, 7) is 9.36. The fourth-order valence-corrected chi connectivity index (χ4v) is 2.12. The molecule has 1 amide bonds. The van der Waals surface area contributed by atoms with E-state index >= 15 is 0 Å². The van der Waals surface area contributed by atoms with Crippen LogP contribution in [0.4, 0.5) is 0 Å². The summed E-state index contributed by atoms with van der Waals surface area (Å²) in [4.78, 5) is 14.1. The van der Waals surface area contributed by atoms with Crippen molar-refractivity contribution < 1.29 is 4.79 Å². The highest BCUT2D eigenvalue weighted by Crippen LogP contribution is 2.15. The van der Waals surface area contributed by atoms with Crippen LogP contribution in [-0.4, -0.2) is 36.5 Å². The van der Waals surface area contributed by atoms with E-state index in [2.05, 4.69) is 24.1 Å². The van der Waals surface area contributed by atoms with Gasteiger partial charge in [0.25, 0.3) is 0 Å². The molecule has 1 aliphatic heterocycles. The normalized spacial score (nSPS) is 24.1. The van der Waals surface area contributed by atoms with Crippen molar-refractivity contribution in [2.45, 2.75) is 46.1 Å². The lowest BCUT2D eigenvalue weighted by molar-refractivity contribution is -0.124. The molecular weight excluding hydrogens is 188 g/mol. The van der Waals surface area contributed by atoms with Crippen LogP contribution in [-0.2, 0) is 4.79 Å². The number of carbonyl (C=O) groups is 1. The maximum atomic E-state index is 11.6. The number of carbonyl (C=O) groups excluding carboxylic acids is 1. The van der Waals surface area contributed by atoms with Crippen molar-refractivity contribution in [3.05, 3.63) is 0 Å². The summed E-state index contributed by atoms with van der Waals surface area (Å²) in [5.74, 6) is 0.363. The van der Waals surface area contributed by atoms with Crippen molar-refractivity contribution in [2.24, 2.45) is 5.92 Å². The molecule has 0 unspecified atom stereocenters. The topological polar surface area (TPSA) is 32.3 Å². The summed E-state index contributed by atoms with van der Waals surface area (Å²) in [5, 5.41) is 3.06. The van der Waals surface area contributed by atoms with Crippen molar-refractivity contribution in [1.82, 2.24) is 10.2 Å². The van der Waals surface area contributed by atoms with Gasteiger partial charge in [-0.1, -0.05) is 20.8 Å². The molecule has 0 aromatic rings. The van der Waals surface area contributed by atoms with Gasteiger partial charge in [0.15, 0.2) is 0 Å². The fraction of sp³-hybridized carbons (Fsp3) is 0.917.